The van der Waals surface area contributed by atoms with E-state index in [1.54, 1.807) is 4.90 Å². The molecule has 0 saturated heterocycles. The first-order valence-electron chi connectivity index (χ1n) is 10.3. The SMILES string of the molecule is CC(=O)c1sc(N(C(=O)c2cc(COc3cc(C)cc(C)c3C)cs2)C2CC2)nc1C. The largest absolute Gasteiger partial charge is 0.489 e. The second-order valence-electron chi connectivity index (χ2n) is 8.19. The van der Waals surface area contributed by atoms with E-state index in [4.69, 9.17) is 4.74 Å². The monoisotopic (exact) mass is 454 g/mol. The van der Waals surface area contributed by atoms with Gasteiger partial charge in [0.1, 0.15) is 12.4 Å². The highest BCUT2D eigenvalue weighted by atomic mass is 32.1. The Morgan fingerprint density at radius 3 is 2.55 bits per heavy atom. The van der Waals surface area contributed by atoms with Gasteiger partial charge in [-0.15, -0.1) is 11.3 Å². The molecule has 0 radical (unpaired) electrons. The van der Waals surface area contributed by atoms with Gasteiger partial charge >= 0.3 is 0 Å². The number of hydrogen-bond donors (Lipinski definition) is 0. The summed E-state index contributed by atoms with van der Waals surface area (Å²) in [5.41, 5.74) is 5.18. The minimum atomic E-state index is -0.0508. The predicted octanol–water partition coefficient (Wildman–Crippen LogP) is 6.03. The van der Waals surface area contributed by atoms with E-state index in [1.165, 1.54) is 40.7 Å². The van der Waals surface area contributed by atoms with E-state index in [9.17, 15) is 9.59 Å². The van der Waals surface area contributed by atoms with E-state index in [0.29, 0.717) is 27.2 Å². The van der Waals surface area contributed by atoms with Crippen LogP contribution in [0.15, 0.2) is 23.6 Å². The van der Waals surface area contributed by atoms with Gasteiger partial charge in [0.05, 0.1) is 15.4 Å². The van der Waals surface area contributed by atoms with Crippen LogP contribution < -0.4 is 9.64 Å². The van der Waals surface area contributed by atoms with Gasteiger partial charge in [-0.1, -0.05) is 17.4 Å². The van der Waals surface area contributed by atoms with E-state index in [2.05, 4.69) is 31.8 Å². The van der Waals surface area contributed by atoms with Crippen LogP contribution in [0.2, 0.25) is 0 Å². The molecule has 1 saturated carbocycles. The maximum Gasteiger partial charge on any atom is 0.270 e. The van der Waals surface area contributed by atoms with E-state index >= 15 is 0 Å². The summed E-state index contributed by atoms with van der Waals surface area (Å²) in [6.07, 6.45) is 1.93. The van der Waals surface area contributed by atoms with Gasteiger partial charge in [-0.2, -0.15) is 0 Å². The molecular weight excluding hydrogens is 428 g/mol. The molecule has 5 nitrogen and oxygen atoms in total. The molecule has 1 aliphatic rings. The average molecular weight is 455 g/mol. The lowest BCUT2D eigenvalue weighted by molar-refractivity contribution is 0.0986. The molecule has 0 atom stereocenters. The third kappa shape index (κ3) is 4.57. The minimum absolute atomic E-state index is 0.0123. The molecule has 4 rings (SSSR count). The third-order valence-electron chi connectivity index (χ3n) is 5.46. The fourth-order valence-corrected chi connectivity index (χ4v) is 5.41. The first-order valence-corrected chi connectivity index (χ1v) is 12.0. The summed E-state index contributed by atoms with van der Waals surface area (Å²) in [7, 11) is 0. The number of carbonyl (C=O) groups excluding carboxylic acids is 2. The van der Waals surface area contributed by atoms with Crippen molar-refractivity contribution in [1.82, 2.24) is 4.98 Å². The van der Waals surface area contributed by atoms with Gasteiger partial charge in [-0.25, -0.2) is 4.98 Å². The van der Waals surface area contributed by atoms with Crippen molar-refractivity contribution in [2.24, 2.45) is 0 Å². The number of thiazole rings is 1. The molecule has 0 spiro atoms. The van der Waals surface area contributed by atoms with E-state index in [1.807, 2.05) is 24.4 Å². The van der Waals surface area contributed by atoms with Crippen LogP contribution in [-0.2, 0) is 6.61 Å². The van der Waals surface area contributed by atoms with Crippen LogP contribution in [0.5, 0.6) is 5.75 Å². The lowest BCUT2D eigenvalue weighted by atomic mass is 10.1. The van der Waals surface area contributed by atoms with Crippen LogP contribution in [0, 0.1) is 27.7 Å². The van der Waals surface area contributed by atoms with Crippen molar-refractivity contribution in [2.45, 2.75) is 60.1 Å². The van der Waals surface area contributed by atoms with Crippen molar-refractivity contribution in [2.75, 3.05) is 4.90 Å². The number of ketones is 1. The van der Waals surface area contributed by atoms with Gasteiger partial charge in [0, 0.05) is 18.5 Å². The first kappa shape index (κ1) is 21.7. The van der Waals surface area contributed by atoms with Crippen LogP contribution in [0.3, 0.4) is 0 Å². The summed E-state index contributed by atoms with van der Waals surface area (Å²) in [6.45, 7) is 9.98. The van der Waals surface area contributed by atoms with Gasteiger partial charge in [0.2, 0.25) is 0 Å². The highest BCUT2D eigenvalue weighted by Gasteiger charge is 2.37. The Morgan fingerprint density at radius 2 is 1.90 bits per heavy atom. The quantitative estimate of drug-likeness (QED) is 0.409. The molecule has 3 aromatic rings. The number of aryl methyl sites for hydroxylation is 3. The van der Waals surface area contributed by atoms with Crippen molar-refractivity contribution < 1.29 is 14.3 Å². The van der Waals surface area contributed by atoms with Crippen LogP contribution in [-0.4, -0.2) is 22.7 Å². The first-order chi connectivity index (χ1) is 14.7. The summed E-state index contributed by atoms with van der Waals surface area (Å²) >= 11 is 2.74. The van der Waals surface area contributed by atoms with Crippen LogP contribution in [0.25, 0.3) is 0 Å². The molecule has 2 heterocycles. The molecule has 2 aromatic heterocycles. The number of rotatable bonds is 7. The zero-order valence-electron chi connectivity index (χ0n) is 18.4. The van der Waals surface area contributed by atoms with Crippen molar-refractivity contribution >= 4 is 39.5 Å². The number of benzene rings is 1. The Balaban J connectivity index is 1.52. The van der Waals surface area contributed by atoms with Gasteiger partial charge < -0.3 is 4.74 Å². The summed E-state index contributed by atoms with van der Waals surface area (Å²) in [5, 5.41) is 2.59. The standard InChI is InChI=1S/C24H26N2O3S2/c1-13-8-14(2)15(3)20(9-13)29-11-18-10-21(30-12-18)23(28)26(19-6-7-19)24-25-16(4)22(31-24)17(5)27/h8-10,12,19H,6-7,11H2,1-5H3. The Kier molecular flexibility index (Phi) is 5.99. The normalized spacial score (nSPS) is 13.3. The molecule has 0 aliphatic heterocycles. The molecule has 31 heavy (non-hydrogen) atoms. The van der Waals surface area contributed by atoms with Crippen LogP contribution in [0.4, 0.5) is 5.13 Å². The Hall–Kier alpha value is -2.51. The van der Waals surface area contributed by atoms with E-state index in [-0.39, 0.29) is 17.7 Å². The number of thiophene rings is 1. The molecule has 162 valence electrons. The highest BCUT2D eigenvalue weighted by molar-refractivity contribution is 7.18. The Morgan fingerprint density at radius 1 is 1.16 bits per heavy atom. The maximum absolute atomic E-state index is 13.3. The van der Waals surface area contributed by atoms with Gasteiger partial charge in [-0.05, 0) is 74.7 Å². The lowest BCUT2D eigenvalue weighted by Crippen LogP contribution is -2.32. The highest BCUT2D eigenvalue weighted by Crippen LogP contribution is 2.37. The fraction of sp³-hybridized carbons (Fsp3) is 0.375. The van der Waals surface area contributed by atoms with Crippen molar-refractivity contribution in [1.29, 1.82) is 0 Å². The van der Waals surface area contributed by atoms with Crippen molar-refractivity contribution in [3.63, 3.8) is 0 Å². The Labute approximate surface area is 190 Å². The van der Waals surface area contributed by atoms with Gasteiger partial charge in [0.25, 0.3) is 5.91 Å². The summed E-state index contributed by atoms with van der Waals surface area (Å²) in [5.74, 6) is 0.818. The molecule has 1 aromatic carbocycles. The third-order valence-corrected chi connectivity index (χ3v) is 7.69. The minimum Gasteiger partial charge on any atom is -0.489 e. The summed E-state index contributed by atoms with van der Waals surface area (Å²) < 4.78 is 6.06. The zero-order chi connectivity index (χ0) is 22.3. The van der Waals surface area contributed by atoms with Crippen molar-refractivity contribution in [3.05, 3.63) is 61.3 Å². The number of carbonyl (C=O) groups is 2. The second kappa shape index (κ2) is 8.55. The lowest BCUT2D eigenvalue weighted by Gasteiger charge is -2.18. The fourth-order valence-electron chi connectivity index (χ4n) is 3.55. The summed E-state index contributed by atoms with van der Waals surface area (Å²) in [6, 6.07) is 6.27. The van der Waals surface area contributed by atoms with Gasteiger partial charge in [-0.3, -0.25) is 14.5 Å². The van der Waals surface area contributed by atoms with E-state index < -0.39 is 0 Å². The number of anilines is 1. The maximum atomic E-state index is 13.3. The van der Waals surface area contributed by atoms with Crippen LogP contribution >= 0.6 is 22.7 Å². The Bertz CT molecular complexity index is 1160. The number of ether oxygens (including phenoxy) is 1. The molecule has 0 bridgehead atoms. The molecule has 7 heteroatoms. The second-order valence-corrected chi connectivity index (χ2v) is 10.1. The topological polar surface area (TPSA) is 59.5 Å². The number of hydrogen-bond acceptors (Lipinski definition) is 6. The molecule has 0 N–H and O–H groups in total. The van der Waals surface area contributed by atoms with Gasteiger partial charge in [0.15, 0.2) is 10.9 Å². The molecule has 1 aliphatic carbocycles. The molecular formula is C24H26N2O3S2. The number of Topliss-reactive ketones (excluding diaryl/α,β-unsaturated/α-hetero) is 1. The number of nitrogens with zero attached hydrogens (tertiary/aromatic N) is 2. The molecule has 1 amide bonds. The smallest absolute Gasteiger partial charge is 0.270 e. The molecule has 1 fully saturated rings. The predicted molar refractivity (Wildman–Crippen MR) is 126 cm³/mol. The van der Waals surface area contributed by atoms with Crippen LogP contribution in [0.1, 0.15) is 67.1 Å². The summed E-state index contributed by atoms with van der Waals surface area (Å²) in [4.78, 5) is 32.8. The zero-order valence-corrected chi connectivity index (χ0v) is 20.1. The number of amides is 1. The molecule has 0 unspecified atom stereocenters. The number of aromatic nitrogens is 1. The van der Waals surface area contributed by atoms with E-state index in [0.717, 1.165) is 29.7 Å². The van der Waals surface area contributed by atoms with Crippen molar-refractivity contribution in [3.8, 4) is 5.75 Å². The average Bonchev–Trinajstić information content (AvgIpc) is 3.28.